The van der Waals surface area contributed by atoms with Crippen LogP contribution in [0.2, 0.25) is 0 Å². The Bertz CT molecular complexity index is 433. The van der Waals surface area contributed by atoms with E-state index in [-0.39, 0.29) is 0 Å². The maximum absolute atomic E-state index is 10.5. The van der Waals surface area contributed by atoms with E-state index in [1.807, 2.05) is 19.1 Å². The molecule has 3 heteroatoms. The summed E-state index contributed by atoms with van der Waals surface area (Å²) >= 11 is 0. The number of hydrogen-bond donors (Lipinski definition) is 1. The van der Waals surface area contributed by atoms with E-state index >= 15 is 0 Å². The van der Waals surface area contributed by atoms with Crippen molar-refractivity contribution in [1.29, 1.82) is 0 Å². The Hall–Kier alpha value is -1.77. The zero-order valence-corrected chi connectivity index (χ0v) is 10.5. The number of carbonyl (C=O) groups is 1. The molecule has 3 nitrogen and oxygen atoms in total. The fourth-order valence-electron chi connectivity index (χ4n) is 1.80. The lowest BCUT2D eigenvalue weighted by Crippen LogP contribution is -1.96. The first kappa shape index (κ1) is 13.3. The fraction of sp³-hybridized carbons (Fsp3) is 0.357. The van der Waals surface area contributed by atoms with Crippen molar-refractivity contribution < 1.29 is 14.6 Å². The van der Waals surface area contributed by atoms with E-state index in [1.54, 1.807) is 7.11 Å². The molecule has 0 saturated carbocycles. The van der Waals surface area contributed by atoms with Crippen LogP contribution in [0.5, 0.6) is 5.75 Å². The van der Waals surface area contributed by atoms with Crippen molar-refractivity contribution in [3.05, 3.63) is 41.0 Å². The molecule has 0 aliphatic heterocycles. The Morgan fingerprint density at radius 3 is 2.71 bits per heavy atom. The summed E-state index contributed by atoms with van der Waals surface area (Å²) in [6.07, 6.45) is 2.80. The number of aryl methyl sites for hydroxylation is 1. The maximum atomic E-state index is 10.5. The van der Waals surface area contributed by atoms with Gasteiger partial charge in [-0.1, -0.05) is 24.6 Å². The molecule has 0 fully saturated rings. The Morgan fingerprint density at radius 2 is 2.18 bits per heavy atom. The Kier molecular flexibility index (Phi) is 4.76. The van der Waals surface area contributed by atoms with Crippen molar-refractivity contribution >= 4 is 5.97 Å². The Labute approximate surface area is 102 Å². The van der Waals surface area contributed by atoms with Crippen LogP contribution >= 0.6 is 0 Å². The van der Waals surface area contributed by atoms with Crippen molar-refractivity contribution in [3.8, 4) is 5.75 Å². The highest BCUT2D eigenvalue weighted by molar-refractivity contribution is 5.80. The van der Waals surface area contributed by atoms with Gasteiger partial charge in [-0.25, -0.2) is 4.79 Å². The largest absolute Gasteiger partial charge is 0.496 e. The molecule has 1 rings (SSSR count). The number of carboxylic acid groups (broad SMARTS) is 1. The van der Waals surface area contributed by atoms with Gasteiger partial charge in [0, 0.05) is 6.08 Å². The van der Waals surface area contributed by atoms with E-state index in [4.69, 9.17) is 9.84 Å². The van der Waals surface area contributed by atoms with Gasteiger partial charge in [0.15, 0.2) is 0 Å². The van der Waals surface area contributed by atoms with Crippen LogP contribution in [-0.2, 0) is 17.6 Å². The minimum absolute atomic E-state index is 0.656. The first-order valence-corrected chi connectivity index (χ1v) is 5.62. The molecule has 0 heterocycles. The summed E-state index contributed by atoms with van der Waals surface area (Å²) in [5.41, 5.74) is 3.09. The van der Waals surface area contributed by atoms with Gasteiger partial charge in [0.05, 0.1) is 7.11 Å². The van der Waals surface area contributed by atoms with Crippen LogP contribution in [0, 0.1) is 0 Å². The Balaban J connectivity index is 2.89. The van der Waals surface area contributed by atoms with E-state index in [9.17, 15) is 4.79 Å². The summed E-state index contributed by atoms with van der Waals surface area (Å²) in [4.78, 5) is 10.5. The highest BCUT2D eigenvalue weighted by atomic mass is 16.5. The lowest BCUT2D eigenvalue weighted by atomic mass is 10.0. The quantitative estimate of drug-likeness (QED) is 0.797. The van der Waals surface area contributed by atoms with Crippen LogP contribution in [0.4, 0.5) is 0 Å². The maximum Gasteiger partial charge on any atom is 0.328 e. The molecule has 1 N–H and O–H groups in total. The van der Waals surface area contributed by atoms with Crippen molar-refractivity contribution in [1.82, 2.24) is 0 Å². The normalized spacial score (nSPS) is 11.4. The third-order valence-electron chi connectivity index (χ3n) is 2.58. The summed E-state index contributed by atoms with van der Waals surface area (Å²) < 4.78 is 5.25. The summed E-state index contributed by atoms with van der Waals surface area (Å²) in [5, 5.41) is 8.65. The average molecular weight is 234 g/mol. The zero-order valence-electron chi connectivity index (χ0n) is 10.5. The molecule has 0 unspecified atom stereocenters. The predicted molar refractivity (Wildman–Crippen MR) is 67.5 cm³/mol. The molecular formula is C14H18O3. The first-order chi connectivity index (χ1) is 8.06. The van der Waals surface area contributed by atoms with Gasteiger partial charge in [0.25, 0.3) is 0 Å². The lowest BCUT2D eigenvalue weighted by molar-refractivity contribution is -0.131. The summed E-state index contributed by atoms with van der Waals surface area (Å²) in [7, 11) is 1.66. The van der Waals surface area contributed by atoms with Crippen LogP contribution in [0.25, 0.3) is 0 Å². The van der Waals surface area contributed by atoms with E-state index in [0.717, 1.165) is 28.9 Å². The molecule has 0 aliphatic rings. The van der Waals surface area contributed by atoms with Crippen molar-refractivity contribution in [2.45, 2.75) is 26.7 Å². The molecule has 1 aromatic carbocycles. The monoisotopic (exact) mass is 234 g/mol. The number of hydrogen-bond acceptors (Lipinski definition) is 2. The van der Waals surface area contributed by atoms with Crippen LogP contribution < -0.4 is 4.74 Å². The molecule has 0 spiro atoms. The molecule has 0 saturated heterocycles. The number of aliphatic carboxylic acids is 1. The molecule has 0 bridgehead atoms. The van der Waals surface area contributed by atoms with E-state index in [0.29, 0.717) is 6.42 Å². The highest BCUT2D eigenvalue weighted by Gasteiger charge is 2.03. The van der Waals surface area contributed by atoms with Crippen molar-refractivity contribution in [3.63, 3.8) is 0 Å². The van der Waals surface area contributed by atoms with Crippen LogP contribution in [-0.4, -0.2) is 18.2 Å². The molecule has 1 aromatic rings. The number of ether oxygens (including phenoxy) is 1. The molecule has 0 amide bonds. The van der Waals surface area contributed by atoms with Crippen LogP contribution in [0.15, 0.2) is 29.8 Å². The SMILES string of the molecule is CCc1cc(C/C(C)=C/C(=O)O)ccc1OC. The summed E-state index contributed by atoms with van der Waals surface area (Å²) in [6, 6.07) is 5.97. The lowest BCUT2D eigenvalue weighted by Gasteiger charge is -2.09. The van der Waals surface area contributed by atoms with Gasteiger partial charge in [-0.15, -0.1) is 0 Å². The smallest absolute Gasteiger partial charge is 0.328 e. The minimum atomic E-state index is -0.897. The predicted octanol–water partition coefficient (Wildman–Crippen LogP) is 2.83. The van der Waals surface area contributed by atoms with Gasteiger partial charge in [-0.05, 0) is 37.0 Å². The van der Waals surface area contributed by atoms with Crippen LogP contribution in [0.3, 0.4) is 0 Å². The third kappa shape index (κ3) is 3.94. The number of allylic oxidation sites excluding steroid dienone is 1. The van der Waals surface area contributed by atoms with E-state index < -0.39 is 5.97 Å². The second kappa shape index (κ2) is 6.09. The second-order valence-electron chi connectivity index (χ2n) is 4.01. The van der Waals surface area contributed by atoms with E-state index in [2.05, 4.69) is 13.0 Å². The first-order valence-electron chi connectivity index (χ1n) is 5.62. The number of rotatable bonds is 5. The average Bonchev–Trinajstić information content (AvgIpc) is 2.27. The number of methoxy groups -OCH3 is 1. The third-order valence-corrected chi connectivity index (χ3v) is 2.58. The van der Waals surface area contributed by atoms with Gasteiger partial charge in [-0.2, -0.15) is 0 Å². The topological polar surface area (TPSA) is 46.5 Å². The second-order valence-corrected chi connectivity index (χ2v) is 4.01. The minimum Gasteiger partial charge on any atom is -0.496 e. The molecule has 0 aliphatic carbocycles. The van der Waals surface area contributed by atoms with Gasteiger partial charge in [-0.3, -0.25) is 0 Å². The molecule has 0 atom stereocenters. The number of benzene rings is 1. The zero-order chi connectivity index (χ0) is 12.8. The molecular weight excluding hydrogens is 216 g/mol. The number of carboxylic acids is 1. The molecule has 0 radical (unpaired) electrons. The van der Waals surface area contributed by atoms with Crippen LogP contribution in [0.1, 0.15) is 25.0 Å². The molecule has 0 aromatic heterocycles. The van der Waals surface area contributed by atoms with Gasteiger partial charge in [0.2, 0.25) is 0 Å². The highest BCUT2D eigenvalue weighted by Crippen LogP contribution is 2.21. The van der Waals surface area contributed by atoms with E-state index in [1.165, 1.54) is 6.08 Å². The van der Waals surface area contributed by atoms with Gasteiger partial charge >= 0.3 is 5.97 Å². The molecule has 17 heavy (non-hydrogen) atoms. The molecule has 92 valence electrons. The summed E-state index contributed by atoms with van der Waals surface area (Å²) in [5.74, 6) is -0.0113. The van der Waals surface area contributed by atoms with Gasteiger partial charge < -0.3 is 9.84 Å². The fourth-order valence-corrected chi connectivity index (χ4v) is 1.80. The van der Waals surface area contributed by atoms with Crippen molar-refractivity contribution in [2.24, 2.45) is 0 Å². The summed E-state index contributed by atoms with van der Waals surface area (Å²) in [6.45, 7) is 3.89. The van der Waals surface area contributed by atoms with Crippen molar-refractivity contribution in [2.75, 3.05) is 7.11 Å². The standard InChI is InChI=1S/C14H18O3/c1-4-12-9-11(5-6-13(12)17-3)7-10(2)8-14(15)16/h5-6,8-9H,4,7H2,1-3H3,(H,15,16)/b10-8+. The van der Waals surface area contributed by atoms with Gasteiger partial charge in [0.1, 0.15) is 5.75 Å². The Morgan fingerprint density at radius 1 is 1.47 bits per heavy atom.